The molecule has 128 valence electrons. The lowest BCUT2D eigenvalue weighted by molar-refractivity contribution is -0.141. The maximum absolute atomic E-state index is 15.0. The molecule has 0 saturated heterocycles. The molecule has 0 amide bonds. The second-order valence-corrected chi connectivity index (χ2v) is 7.52. The third-order valence-electron chi connectivity index (χ3n) is 4.11. The molecule has 1 fully saturated rings. The Hall–Kier alpha value is -1.11. The summed E-state index contributed by atoms with van der Waals surface area (Å²) in [6.45, 7) is 0.610. The quantitative estimate of drug-likeness (QED) is 0.282. The lowest BCUT2D eigenvalue weighted by atomic mass is 9.89. The Kier molecular flexibility index (Phi) is 6.66. The Morgan fingerprint density at radius 2 is 2.25 bits per heavy atom. The Bertz CT molecular complexity index is 710. The van der Waals surface area contributed by atoms with Gasteiger partial charge in [0, 0.05) is 44.3 Å². The highest BCUT2D eigenvalue weighted by molar-refractivity contribution is 14.2. The first-order chi connectivity index (χ1) is 11.5. The van der Waals surface area contributed by atoms with Crippen LogP contribution in [-0.4, -0.2) is 44.4 Å². The van der Waals surface area contributed by atoms with Crippen molar-refractivity contribution in [3.8, 4) is 11.2 Å². The van der Waals surface area contributed by atoms with E-state index in [-0.39, 0.29) is 12.5 Å². The Morgan fingerprint density at radius 3 is 2.79 bits per heavy atom. The number of hydrogen-bond donors (Lipinski definition) is 0. The molecule has 2 rings (SSSR count). The summed E-state index contributed by atoms with van der Waals surface area (Å²) in [5.41, 5.74) is 0.614. The molecule has 0 aliphatic heterocycles. The van der Waals surface area contributed by atoms with E-state index in [4.69, 9.17) is 0 Å². The average molecular weight is 461 g/mol. The number of likely N-dealkylation sites (N-methyl/N-ethyl adjacent to an activating group) is 1. The van der Waals surface area contributed by atoms with Gasteiger partial charge >= 0.3 is 5.97 Å². The van der Waals surface area contributed by atoms with E-state index < -0.39 is 11.2 Å². The highest BCUT2D eigenvalue weighted by atomic mass is 127. The highest BCUT2D eigenvalue weighted by Gasteiger charge is 2.48. The molecule has 1 saturated carbocycles. The zero-order chi connectivity index (χ0) is 17.7. The highest BCUT2D eigenvalue weighted by Crippen LogP contribution is 2.51. The summed E-state index contributed by atoms with van der Waals surface area (Å²) in [7, 11) is 4.39. The first-order valence-corrected chi connectivity index (χ1v) is 10.7. The molecular weight excluding hydrogens is 444 g/mol. The van der Waals surface area contributed by atoms with E-state index in [1.165, 1.54) is 22.1 Å². The molecule has 0 radical (unpaired) electrons. The second-order valence-electron chi connectivity index (χ2n) is 5.84. The van der Waals surface area contributed by atoms with Crippen LogP contribution in [-0.2, 0) is 14.9 Å². The largest absolute Gasteiger partial charge is 0.468 e. The van der Waals surface area contributed by atoms with E-state index in [1.54, 1.807) is 18.0 Å². The van der Waals surface area contributed by atoms with Gasteiger partial charge in [0.1, 0.15) is 12.1 Å². The third kappa shape index (κ3) is 4.29. The second kappa shape index (κ2) is 8.32. The van der Waals surface area contributed by atoms with Crippen molar-refractivity contribution >= 4 is 42.4 Å². The monoisotopic (exact) mass is 461 g/mol. The van der Waals surface area contributed by atoms with E-state index in [2.05, 4.69) is 15.9 Å². The van der Waals surface area contributed by atoms with Crippen LogP contribution in [0.4, 0.5) is 4.39 Å². The van der Waals surface area contributed by atoms with Crippen molar-refractivity contribution in [2.24, 2.45) is 0 Å². The summed E-state index contributed by atoms with van der Waals surface area (Å²) in [4.78, 5) is 24.6. The lowest BCUT2D eigenvalue weighted by Gasteiger charge is -2.25. The summed E-state index contributed by atoms with van der Waals surface area (Å²) in [5, 5.41) is 2.77. The number of rotatable bonds is 6. The number of carbonyl (C=O) groups is 2. The van der Waals surface area contributed by atoms with E-state index >= 15 is 0 Å². The molecule has 7 heteroatoms. The molecule has 0 bridgehead atoms. The molecule has 24 heavy (non-hydrogen) atoms. The summed E-state index contributed by atoms with van der Waals surface area (Å²) < 4.78 is 19.6. The van der Waals surface area contributed by atoms with Crippen molar-refractivity contribution in [3.05, 3.63) is 34.6 Å². The number of ether oxygens (including phenoxy) is 1. The fourth-order valence-electron chi connectivity index (χ4n) is 2.89. The molecule has 1 aromatic carbocycles. The standard InChI is InChI=1S/C17H17FINO3S/c1-20(9-14(22)23-2)11-17(6-7-17)15-13(10-21)4-3-12(16(15)18)5-8-24-19/h3-4,10H,6-7,9,11H2,1-2H3. The number of hydrogen-bond acceptors (Lipinski definition) is 5. The van der Waals surface area contributed by atoms with Crippen LogP contribution in [0.5, 0.6) is 0 Å². The molecule has 0 N–H and O–H groups in total. The summed E-state index contributed by atoms with van der Waals surface area (Å²) >= 11 is 2.02. The minimum Gasteiger partial charge on any atom is -0.468 e. The van der Waals surface area contributed by atoms with Crippen molar-refractivity contribution in [2.45, 2.75) is 18.3 Å². The number of aldehydes is 1. The number of carbonyl (C=O) groups excluding carboxylic acids is 2. The number of esters is 1. The Labute approximate surface area is 157 Å². The normalized spacial score (nSPS) is 14.7. The van der Waals surface area contributed by atoms with Crippen LogP contribution in [0.25, 0.3) is 0 Å². The van der Waals surface area contributed by atoms with Gasteiger partial charge in [-0.3, -0.25) is 14.5 Å². The molecule has 1 aliphatic carbocycles. The van der Waals surface area contributed by atoms with Gasteiger partial charge in [-0.15, -0.1) is 0 Å². The van der Waals surface area contributed by atoms with Gasteiger partial charge in [-0.2, -0.15) is 0 Å². The molecule has 0 atom stereocenters. The van der Waals surface area contributed by atoms with Gasteiger partial charge < -0.3 is 4.74 Å². The molecular formula is C17H17FINO3S. The molecule has 1 aliphatic rings. The van der Waals surface area contributed by atoms with Crippen LogP contribution < -0.4 is 0 Å². The smallest absolute Gasteiger partial charge is 0.319 e. The van der Waals surface area contributed by atoms with Crippen LogP contribution in [0.15, 0.2) is 12.1 Å². The summed E-state index contributed by atoms with van der Waals surface area (Å²) in [5.74, 6) is 2.00. The lowest BCUT2D eigenvalue weighted by Crippen LogP contribution is -2.35. The Balaban J connectivity index is 2.35. The van der Waals surface area contributed by atoms with E-state index in [0.29, 0.717) is 29.5 Å². The van der Waals surface area contributed by atoms with Crippen molar-refractivity contribution in [3.63, 3.8) is 0 Å². The zero-order valence-corrected chi connectivity index (χ0v) is 16.4. The predicted molar refractivity (Wildman–Crippen MR) is 101 cm³/mol. The maximum atomic E-state index is 15.0. The number of benzene rings is 1. The van der Waals surface area contributed by atoms with E-state index in [1.807, 2.05) is 21.2 Å². The van der Waals surface area contributed by atoms with E-state index in [9.17, 15) is 14.0 Å². The molecule has 0 spiro atoms. The topological polar surface area (TPSA) is 46.6 Å². The third-order valence-corrected chi connectivity index (χ3v) is 4.95. The van der Waals surface area contributed by atoms with Crippen LogP contribution >= 0.6 is 30.1 Å². The van der Waals surface area contributed by atoms with Crippen molar-refractivity contribution in [2.75, 3.05) is 27.2 Å². The van der Waals surface area contributed by atoms with Crippen LogP contribution in [0.1, 0.15) is 34.3 Å². The van der Waals surface area contributed by atoms with Gasteiger partial charge in [-0.25, -0.2) is 4.39 Å². The van der Waals surface area contributed by atoms with Crippen LogP contribution in [0.3, 0.4) is 0 Å². The van der Waals surface area contributed by atoms with Crippen molar-refractivity contribution < 1.29 is 18.7 Å². The summed E-state index contributed by atoms with van der Waals surface area (Å²) in [6, 6.07) is 3.16. The zero-order valence-electron chi connectivity index (χ0n) is 13.4. The fourth-order valence-corrected chi connectivity index (χ4v) is 3.37. The molecule has 0 heterocycles. The first kappa shape index (κ1) is 19.2. The number of halogens is 2. The van der Waals surface area contributed by atoms with Gasteiger partial charge in [0.2, 0.25) is 0 Å². The summed E-state index contributed by atoms with van der Waals surface area (Å²) in [6.07, 6.45) is 2.23. The minimum absolute atomic E-state index is 0.126. The molecule has 4 nitrogen and oxygen atoms in total. The average Bonchev–Trinajstić information content (AvgIpc) is 3.32. The minimum atomic E-state index is -0.446. The molecule has 0 unspecified atom stereocenters. The van der Waals surface area contributed by atoms with Gasteiger partial charge in [-0.1, -0.05) is 5.92 Å². The van der Waals surface area contributed by atoms with Crippen LogP contribution in [0, 0.1) is 17.0 Å². The van der Waals surface area contributed by atoms with Gasteiger partial charge in [0.15, 0.2) is 0 Å². The predicted octanol–water partition coefficient (Wildman–Crippen LogP) is 3.17. The van der Waals surface area contributed by atoms with Crippen molar-refractivity contribution in [1.29, 1.82) is 0 Å². The van der Waals surface area contributed by atoms with Gasteiger partial charge in [0.25, 0.3) is 0 Å². The SMILES string of the molecule is COC(=O)CN(C)CC1(c2c(C=O)ccc(C#CSI)c2F)CC1. The number of nitrogens with zero attached hydrogens (tertiary/aromatic N) is 1. The van der Waals surface area contributed by atoms with Gasteiger partial charge in [-0.05, 0) is 46.2 Å². The number of methoxy groups -OCH3 is 1. The Morgan fingerprint density at radius 1 is 1.54 bits per heavy atom. The maximum Gasteiger partial charge on any atom is 0.319 e. The van der Waals surface area contributed by atoms with Crippen molar-refractivity contribution in [1.82, 2.24) is 4.90 Å². The first-order valence-electron chi connectivity index (χ1n) is 7.29. The van der Waals surface area contributed by atoms with Crippen LogP contribution in [0.2, 0.25) is 0 Å². The molecule has 1 aromatic rings. The molecule has 0 aromatic heterocycles. The van der Waals surface area contributed by atoms with E-state index in [0.717, 1.165) is 12.8 Å². The van der Waals surface area contributed by atoms with Gasteiger partial charge in [0.05, 0.1) is 19.2 Å². The fraction of sp³-hybridized carbons (Fsp3) is 0.412.